The Bertz CT molecular complexity index is 467. The molecule has 0 radical (unpaired) electrons. The number of halogens is 3. The molecule has 0 aliphatic rings. The van der Waals surface area contributed by atoms with Crippen LogP contribution in [0, 0.1) is 0 Å². The van der Waals surface area contributed by atoms with Crippen LogP contribution in [0.25, 0.3) is 0 Å². The predicted octanol–water partition coefficient (Wildman–Crippen LogP) is 4.80. The summed E-state index contributed by atoms with van der Waals surface area (Å²) in [5.74, 6) is 0.621. The zero-order valence-corrected chi connectivity index (χ0v) is 12.4. The van der Waals surface area contributed by atoms with Gasteiger partial charge in [0.25, 0.3) is 0 Å². The molecule has 0 heterocycles. The number of alkyl halides is 3. The number of ether oxygens (including phenoxy) is 1. The molecule has 118 valence electrons. The Hall–Kier alpha value is -1.52. The number of carbonyl (C=O) groups is 1. The van der Waals surface area contributed by atoms with Crippen molar-refractivity contribution in [3.8, 4) is 5.75 Å². The van der Waals surface area contributed by atoms with E-state index in [1.807, 2.05) is 6.92 Å². The van der Waals surface area contributed by atoms with Gasteiger partial charge in [0.2, 0.25) is 0 Å². The van der Waals surface area contributed by atoms with E-state index in [0.717, 1.165) is 18.6 Å². The summed E-state index contributed by atoms with van der Waals surface area (Å²) in [5, 5.41) is 0. The van der Waals surface area contributed by atoms with Crippen LogP contribution in [0.2, 0.25) is 0 Å². The third-order valence-corrected chi connectivity index (χ3v) is 3.12. The second kappa shape index (κ2) is 8.05. The summed E-state index contributed by atoms with van der Waals surface area (Å²) < 4.78 is 43.6. The van der Waals surface area contributed by atoms with Gasteiger partial charge in [0, 0.05) is 12.8 Å². The third kappa shape index (κ3) is 5.78. The van der Waals surface area contributed by atoms with Crippen LogP contribution in [0.4, 0.5) is 13.2 Å². The van der Waals surface area contributed by atoms with Crippen molar-refractivity contribution in [2.75, 3.05) is 6.61 Å². The van der Waals surface area contributed by atoms with Crippen LogP contribution >= 0.6 is 0 Å². The maximum absolute atomic E-state index is 12.7. The maximum atomic E-state index is 12.7. The van der Waals surface area contributed by atoms with Gasteiger partial charge in [-0.25, -0.2) is 0 Å². The molecule has 21 heavy (non-hydrogen) atoms. The number of hydrogen-bond acceptors (Lipinski definition) is 2. The van der Waals surface area contributed by atoms with Crippen LogP contribution in [-0.4, -0.2) is 12.4 Å². The molecule has 0 unspecified atom stereocenters. The summed E-state index contributed by atoms with van der Waals surface area (Å²) in [7, 11) is 0. The minimum Gasteiger partial charge on any atom is -0.494 e. The van der Waals surface area contributed by atoms with Crippen molar-refractivity contribution in [2.24, 2.45) is 0 Å². The first-order chi connectivity index (χ1) is 9.88. The highest BCUT2D eigenvalue weighted by Crippen LogP contribution is 2.33. The molecule has 2 nitrogen and oxygen atoms in total. The first kappa shape index (κ1) is 17.5. The molecule has 0 aromatic heterocycles. The molecule has 0 saturated carbocycles. The average Bonchev–Trinajstić information content (AvgIpc) is 2.40. The lowest BCUT2D eigenvalue weighted by Crippen LogP contribution is -2.07. The van der Waals surface area contributed by atoms with Crippen molar-refractivity contribution in [1.29, 1.82) is 0 Å². The summed E-state index contributed by atoms with van der Waals surface area (Å²) in [6, 6.07) is 3.50. The first-order valence-electron chi connectivity index (χ1n) is 7.23. The summed E-state index contributed by atoms with van der Waals surface area (Å²) in [5.41, 5.74) is -0.170. The number of carbonyl (C=O) groups excluding carboxylic acids is 1. The summed E-state index contributed by atoms with van der Waals surface area (Å²) in [6.45, 7) is 4.11. The molecule has 1 aromatic rings. The van der Waals surface area contributed by atoms with Gasteiger partial charge in [-0.3, -0.25) is 4.79 Å². The minimum absolute atomic E-state index is 0.155. The Morgan fingerprint density at radius 2 is 1.90 bits per heavy atom. The molecule has 1 rings (SSSR count). The van der Waals surface area contributed by atoms with Crippen LogP contribution in [0.5, 0.6) is 5.75 Å². The van der Waals surface area contributed by atoms with Gasteiger partial charge in [-0.2, -0.15) is 13.2 Å². The van der Waals surface area contributed by atoms with Crippen molar-refractivity contribution in [3.63, 3.8) is 0 Å². The zero-order chi connectivity index (χ0) is 15.9. The smallest absolute Gasteiger partial charge is 0.416 e. The lowest BCUT2D eigenvalue weighted by atomic mass is 10.0. The predicted molar refractivity (Wildman–Crippen MR) is 75.5 cm³/mol. The number of ketones is 1. The second-order valence-corrected chi connectivity index (χ2v) is 4.90. The Labute approximate surface area is 123 Å². The minimum atomic E-state index is -4.36. The van der Waals surface area contributed by atoms with Crippen molar-refractivity contribution in [3.05, 3.63) is 29.3 Å². The number of hydrogen-bond donors (Lipinski definition) is 0. The maximum Gasteiger partial charge on any atom is 0.416 e. The molecular formula is C16H21F3O2. The molecule has 1 aromatic carbocycles. The van der Waals surface area contributed by atoms with Crippen LogP contribution in [-0.2, 0) is 17.4 Å². The van der Waals surface area contributed by atoms with E-state index < -0.39 is 11.7 Å². The normalized spacial score (nSPS) is 11.5. The standard InChI is InChI=1S/C16H21F3O2/c1-3-6-14(20)8-5-7-12-11-13(16(17,18)19)9-10-15(12)21-4-2/h9-11H,3-8H2,1-2H3. The highest BCUT2D eigenvalue weighted by molar-refractivity contribution is 5.78. The van der Waals surface area contributed by atoms with E-state index in [0.29, 0.717) is 43.6 Å². The molecule has 0 amide bonds. The summed E-state index contributed by atoms with van der Waals surface area (Å²) in [4.78, 5) is 11.5. The molecule has 0 N–H and O–H groups in total. The number of rotatable bonds is 8. The van der Waals surface area contributed by atoms with Gasteiger partial charge in [-0.1, -0.05) is 6.92 Å². The topological polar surface area (TPSA) is 26.3 Å². The average molecular weight is 302 g/mol. The van der Waals surface area contributed by atoms with Crippen LogP contribution in [0.3, 0.4) is 0 Å². The summed E-state index contributed by atoms with van der Waals surface area (Å²) >= 11 is 0. The number of Topliss-reactive ketones (excluding diaryl/α,β-unsaturated/α-hetero) is 1. The largest absolute Gasteiger partial charge is 0.494 e. The highest BCUT2D eigenvalue weighted by atomic mass is 19.4. The highest BCUT2D eigenvalue weighted by Gasteiger charge is 2.31. The van der Waals surface area contributed by atoms with E-state index in [4.69, 9.17) is 4.74 Å². The van der Waals surface area contributed by atoms with Gasteiger partial charge in [0.1, 0.15) is 11.5 Å². The van der Waals surface area contributed by atoms with E-state index in [9.17, 15) is 18.0 Å². The Morgan fingerprint density at radius 3 is 2.48 bits per heavy atom. The molecule has 0 bridgehead atoms. The van der Waals surface area contributed by atoms with Crippen molar-refractivity contribution in [2.45, 2.75) is 52.1 Å². The Morgan fingerprint density at radius 1 is 1.19 bits per heavy atom. The molecule has 0 fully saturated rings. The molecule has 0 atom stereocenters. The fourth-order valence-corrected chi connectivity index (χ4v) is 2.13. The molecule has 0 saturated heterocycles. The van der Waals surface area contributed by atoms with Crippen molar-refractivity contribution >= 4 is 5.78 Å². The SMILES string of the molecule is CCCC(=O)CCCc1cc(C(F)(F)F)ccc1OCC. The van der Waals surface area contributed by atoms with Crippen molar-refractivity contribution < 1.29 is 22.7 Å². The molecule has 0 spiro atoms. The van der Waals surface area contributed by atoms with Gasteiger partial charge in [0.05, 0.1) is 12.2 Å². The quantitative estimate of drug-likeness (QED) is 0.689. The van der Waals surface area contributed by atoms with E-state index >= 15 is 0 Å². The monoisotopic (exact) mass is 302 g/mol. The third-order valence-electron chi connectivity index (χ3n) is 3.12. The summed E-state index contributed by atoms with van der Waals surface area (Å²) in [6.07, 6.45) is -1.68. The van der Waals surface area contributed by atoms with E-state index in [2.05, 4.69) is 0 Å². The second-order valence-electron chi connectivity index (χ2n) is 4.90. The number of aryl methyl sites for hydroxylation is 1. The van der Waals surface area contributed by atoms with E-state index in [1.54, 1.807) is 6.92 Å². The fraction of sp³-hybridized carbons (Fsp3) is 0.562. The molecule has 0 aliphatic carbocycles. The molecular weight excluding hydrogens is 281 g/mol. The fourth-order valence-electron chi connectivity index (χ4n) is 2.13. The Balaban J connectivity index is 2.79. The van der Waals surface area contributed by atoms with Crippen LogP contribution in [0.1, 0.15) is 50.7 Å². The molecule has 0 aliphatic heterocycles. The molecule has 5 heteroatoms. The van der Waals surface area contributed by atoms with Gasteiger partial charge in [0.15, 0.2) is 0 Å². The number of benzene rings is 1. The van der Waals surface area contributed by atoms with Gasteiger partial charge >= 0.3 is 6.18 Å². The van der Waals surface area contributed by atoms with Gasteiger partial charge < -0.3 is 4.74 Å². The Kier molecular flexibility index (Phi) is 6.72. The van der Waals surface area contributed by atoms with E-state index in [1.165, 1.54) is 6.07 Å². The van der Waals surface area contributed by atoms with Gasteiger partial charge in [-0.05, 0) is 49.9 Å². The van der Waals surface area contributed by atoms with Crippen molar-refractivity contribution in [1.82, 2.24) is 0 Å². The lowest BCUT2D eigenvalue weighted by Gasteiger charge is -2.13. The van der Waals surface area contributed by atoms with Crippen LogP contribution < -0.4 is 4.74 Å². The van der Waals surface area contributed by atoms with Gasteiger partial charge in [-0.15, -0.1) is 0 Å². The lowest BCUT2D eigenvalue weighted by molar-refractivity contribution is -0.137. The van der Waals surface area contributed by atoms with Crippen LogP contribution in [0.15, 0.2) is 18.2 Å². The first-order valence-corrected chi connectivity index (χ1v) is 7.23. The zero-order valence-electron chi connectivity index (χ0n) is 12.4. The van der Waals surface area contributed by atoms with E-state index in [-0.39, 0.29) is 5.78 Å².